The van der Waals surface area contributed by atoms with Gasteiger partial charge in [-0.15, -0.1) is 0 Å². The number of likely N-dealkylation sites (N-methyl/N-ethyl adjacent to an activating group) is 1. The fraction of sp³-hybridized carbons (Fsp3) is 0.923. The molecule has 0 heterocycles. The number of unbranched alkanes of at least 4 members (excludes halogenated alkanes) is 1. The van der Waals surface area contributed by atoms with Gasteiger partial charge in [0.1, 0.15) is 0 Å². The molecular formula is C13H30N4S. The van der Waals surface area contributed by atoms with Gasteiger partial charge in [0, 0.05) is 25.7 Å². The monoisotopic (exact) mass is 274 g/mol. The molecule has 0 spiro atoms. The Morgan fingerprint density at radius 1 is 1.22 bits per heavy atom. The van der Waals surface area contributed by atoms with E-state index in [2.05, 4.69) is 54.7 Å². The van der Waals surface area contributed by atoms with E-state index in [4.69, 9.17) is 0 Å². The summed E-state index contributed by atoms with van der Waals surface area (Å²) < 4.78 is 0. The Bertz CT molecular complexity index is 239. The predicted molar refractivity (Wildman–Crippen MR) is 84.7 cm³/mol. The SMILES string of the molecule is CN=C(NCCCCSC)NCC(C)(C)N(C)C. The molecule has 0 aliphatic heterocycles. The van der Waals surface area contributed by atoms with Gasteiger partial charge in [0.25, 0.3) is 0 Å². The Labute approximate surface area is 117 Å². The molecule has 0 amide bonds. The van der Waals surface area contributed by atoms with Crippen molar-refractivity contribution in [3.8, 4) is 0 Å². The van der Waals surface area contributed by atoms with Crippen molar-refractivity contribution >= 4 is 17.7 Å². The zero-order valence-corrected chi connectivity index (χ0v) is 13.7. The van der Waals surface area contributed by atoms with Gasteiger partial charge in [-0.1, -0.05) is 0 Å². The van der Waals surface area contributed by atoms with Crippen LogP contribution in [-0.2, 0) is 0 Å². The molecular weight excluding hydrogens is 244 g/mol. The molecule has 0 aliphatic carbocycles. The van der Waals surface area contributed by atoms with Crippen molar-refractivity contribution in [1.82, 2.24) is 15.5 Å². The lowest BCUT2D eigenvalue weighted by atomic mass is 10.0. The summed E-state index contributed by atoms with van der Waals surface area (Å²) in [6.07, 6.45) is 4.60. The Kier molecular flexibility index (Phi) is 9.28. The first-order valence-corrected chi connectivity index (χ1v) is 7.94. The summed E-state index contributed by atoms with van der Waals surface area (Å²) in [5.41, 5.74) is 0.121. The first-order valence-electron chi connectivity index (χ1n) is 6.55. The minimum atomic E-state index is 0.121. The van der Waals surface area contributed by atoms with E-state index < -0.39 is 0 Å². The summed E-state index contributed by atoms with van der Waals surface area (Å²) in [5, 5.41) is 6.72. The molecule has 0 aliphatic rings. The van der Waals surface area contributed by atoms with Crippen LogP contribution in [0.5, 0.6) is 0 Å². The Balaban J connectivity index is 3.85. The number of hydrogen-bond acceptors (Lipinski definition) is 3. The predicted octanol–water partition coefficient (Wildman–Crippen LogP) is 1.63. The lowest BCUT2D eigenvalue weighted by Gasteiger charge is -2.33. The number of hydrogen-bond donors (Lipinski definition) is 2. The van der Waals surface area contributed by atoms with Crippen molar-refractivity contribution in [1.29, 1.82) is 0 Å². The van der Waals surface area contributed by atoms with Gasteiger partial charge in [0.05, 0.1) is 0 Å². The van der Waals surface area contributed by atoms with Gasteiger partial charge in [0.15, 0.2) is 5.96 Å². The Morgan fingerprint density at radius 2 is 1.89 bits per heavy atom. The second kappa shape index (κ2) is 9.50. The van der Waals surface area contributed by atoms with Crippen LogP contribution in [0.4, 0.5) is 0 Å². The van der Waals surface area contributed by atoms with Crippen LogP contribution in [0.15, 0.2) is 4.99 Å². The third-order valence-corrected chi connectivity index (χ3v) is 3.89. The van der Waals surface area contributed by atoms with E-state index in [-0.39, 0.29) is 5.54 Å². The maximum absolute atomic E-state index is 4.24. The maximum Gasteiger partial charge on any atom is 0.191 e. The minimum Gasteiger partial charge on any atom is -0.356 e. The second-order valence-corrected chi connectivity index (χ2v) is 6.24. The molecule has 0 aromatic carbocycles. The van der Waals surface area contributed by atoms with Gasteiger partial charge in [-0.3, -0.25) is 4.99 Å². The lowest BCUT2D eigenvalue weighted by molar-refractivity contribution is 0.197. The van der Waals surface area contributed by atoms with Gasteiger partial charge >= 0.3 is 0 Å². The second-order valence-electron chi connectivity index (χ2n) is 5.26. The summed E-state index contributed by atoms with van der Waals surface area (Å²) in [5.74, 6) is 2.13. The van der Waals surface area contributed by atoms with Crippen LogP contribution >= 0.6 is 11.8 Å². The lowest BCUT2D eigenvalue weighted by Crippen LogP contribution is -2.50. The average Bonchev–Trinajstić information content (AvgIpc) is 2.32. The quantitative estimate of drug-likeness (QED) is 0.401. The van der Waals surface area contributed by atoms with Gasteiger partial charge in [-0.05, 0) is 52.8 Å². The van der Waals surface area contributed by atoms with Gasteiger partial charge in [0.2, 0.25) is 0 Å². The number of rotatable bonds is 8. The molecule has 4 nitrogen and oxygen atoms in total. The molecule has 0 bridgehead atoms. The van der Waals surface area contributed by atoms with E-state index in [0.717, 1.165) is 19.0 Å². The third kappa shape index (κ3) is 7.82. The molecule has 0 aromatic heterocycles. The summed E-state index contributed by atoms with van der Waals surface area (Å²) in [6, 6.07) is 0. The molecule has 108 valence electrons. The summed E-state index contributed by atoms with van der Waals surface area (Å²) in [7, 11) is 6.01. The zero-order chi connectivity index (χ0) is 14.0. The maximum atomic E-state index is 4.24. The van der Waals surface area contributed by atoms with Gasteiger partial charge < -0.3 is 15.5 Å². The van der Waals surface area contributed by atoms with E-state index >= 15 is 0 Å². The average molecular weight is 274 g/mol. The van der Waals surface area contributed by atoms with E-state index in [1.165, 1.54) is 18.6 Å². The molecule has 5 heteroatoms. The van der Waals surface area contributed by atoms with Gasteiger partial charge in [-0.25, -0.2) is 0 Å². The topological polar surface area (TPSA) is 39.7 Å². The standard InChI is InChI=1S/C13H30N4S/c1-13(2,17(4)5)11-16-12(14-3)15-9-7-8-10-18-6/h7-11H2,1-6H3,(H2,14,15,16). The fourth-order valence-electron chi connectivity index (χ4n) is 1.26. The van der Waals surface area contributed by atoms with Crippen molar-refractivity contribution in [3.05, 3.63) is 0 Å². The van der Waals surface area contributed by atoms with Gasteiger partial charge in [-0.2, -0.15) is 11.8 Å². The smallest absolute Gasteiger partial charge is 0.191 e. The fourth-order valence-corrected chi connectivity index (χ4v) is 1.75. The normalized spacial score (nSPS) is 12.9. The first-order chi connectivity index (χ1) is 8.44. The molecule has 0 saturated heterocycles. The van der Waals surface area contributed by atoms with Crippen molar-refractivity contribution in [2.45, 2.75) is 32.2 Å². The number of nitrogens with one attached hydrogen (secondary N) is 2. The molecule has 0 fully saturated rings. The van der Waals surface area contributed by atoms with Crippen LogP contribution in [0, 0.1) is 0 Å². The van der Waals surface area contributed by atoms with E-state index in [1.807, 2.05) is 18.8 Å². The number of nitrogens with zero attached hydrogens (tertiary/aromatic N) is 2. The van der Waals surface area contributed by atoms with Crippen molar-refractivity contribution in [2.24, 2.45) is 4.99 Å². The Morgan fingerprint density at radius 3 is 2.39 bits per heavy atom. The minimum absolute atomic E-state index is 0.121. The van der Waals surface area contributed by atoms with Crippen molar-refractivity contribution < 1.29 is 0 Å². The highest BCUT2D eigenvalue weighted by Crippen LogP contribution is 2.07. The molecule has 0 saturated carbocycles. The van der Waals surface area contributed by atoms with Crippen LogP contribution in [0.25, 0.3) is 0 Å². The molecule has 18 heavy (non-hydrogen) atoms. The summed E-state index contributed by atoms with van der Waals surface area (Å²) in [6.45, 7) is 6.30. The zero-order valence-electron chi connectivity index (χ0n) is 12.8. The Hall–Kier alpha value is -0.420. The van der Waals surface area contributed by atoms with E-state index in [1.54, 1.807) is 0 Å². The number of guanidine groups is 1. The molecule has 0 aromatic rings. The van der Waals surface area contributed by atoms with E-state index in [0.29, 0.717) is 0 Å². The van der Waals surface area contributed by atoms with Crippen LogP contribution in [-0.4, -0.2) is 62.6 Å². The highest BCUT2D eigenvalue weighted by Gasteiger charge is 2.20. The molecule has 0 unspecified atom stereocenters. The molecule has 2 N–H and O–H groups in total. The van der Waals surface area contributed by atoms with E-state index in [9.17, 15) is 0 Å². The van der Waals surface area contributed by atoms with Crippen molar-refractivity contribution in [3.63, 3.8) is 0 Å². The summed E-state index contributed by atoms with van der Waals surface area (Å²) >= 11 is 1.90. The van der Waals surface area contributed by atoms with Crippen LogP contribution in [0.1, 0.15) is 26.7 Å². The number of aliphatic imine (C=N–C) groups is 1. The summed E-state index contributed by atoms with van der Waals surface area (Å²) in [4.78, 5) is 6.45. The van der Waals surface area contributed by atoms with Crippen LogP contribution < -0.4 is 10.6 Å². The number of thioether (sulfide) groups is 1. The largest absolute Gasteiger partial charge is 0.356 e. The third-order valence-electron chi connectivity index (χ3n) is 3.19. The highest BCUT2D eigenvalue weighted by molar-refractivity contribution is 7.98. The molecule has 0 radical (unpaired) electrons. The first kappa shape index (κ1) is 17.6. The molecule has 0 atom stereocenters. The molecule has 0 rings (SSSR count). The highest BCUT2D eigenvalue weighted by atomic mass is 32.2. The van der Waals surface area contributed by atoms with Crippen LogP contribution in [0.3, 0.4) is 0 Å². The van der Waals surface area contributed by atoms with Crippen molar-refractivity contribution in [2.75, 3.05) is 46.2 Å². The van der Waals surface area contributed by atoms with Crippen LogP contribution in [0.2, 0.25) is 0 Å².